The molecule has 2 rings (SSSR count). The highest BCUT2D eigenvalue weighted by molar-refractivity contribution is 7.88. The second-order valence-corrected chi connectivity index (χ2v) is 6.16. The zero-order valence-electron chi connectivity index (χ0n) is 11.0. The number of fused-ring (bicyclic) bond motifs is 1. The second kappa shape index (κ2) is 5.67. The molecule has 6 nitrogen and oxygen atoms in total. The molecule has 1 atom stereocenters. The van der Waals surface area contributed by atoms with Gasteiger partial charge in [0.2, 0.25) is 0 Å². The summed E-state index contributed by atoms with van der Waals surface area (Å²) in [7, 11) is -5.74. The van der Waals surface area contributed by atoms with Crippen LogP contribution in [0.2, 0.25) is 0 Å². The zero-order chi connectivity index (χ0) is 16.5. The van der Waals surface area contributed by atoms with E-state index in [1.54, 1.807) is 0 Å². The van der Waals surface area contributed by atoms with Crippen molar-refractivity contribution in [1.29, 1.82) is 0 Å². The molecule has 0 aromatic heterocycles. The van der Waals surface area contributed by atoms with Crippen molar-refractivity contribution in [1.82, 2.24) is 0 Å². The Kier molecular flexibility index (Phi) is 4.23. The van der Waals surface area contributed by atoms with Crippen LogP contribution >= 0.6 is 0 Å². The number of hydrogen-bond acceptors (Lipinski definition) is 5. The number of halogens is 3. The Morgan fingerprint density at radius 1 is 1.41 bits per heavy atom. The summed E-state index contributed by atoms with van der Waals surface area (Å²) in [5.74, 6) is -1.51. The van der Waals surface area contributed by atoms with Crippen molar-refractivity contribution in [3.8, 4) is 11.5 Å². The van der Waals surface area contributed by atoms with E-state index in [0.717, 1.165) is 12.1 Å². The third-order valence-electron chi connectivity index (χ3n) is 3.06. The fourth-order valence-corrected chi connectivity index (χ4v) is 2.47. The molecule has 1 aromatic rings. The lowest BCUT2D eigenvalue weighted by Crippen LogP contribution is -2.28. The molecule has 0 fully saturated rings. The highest BCUT2D eigenvalue weighted by atomic mass is 32.2. The second-order valence-electron chi connectivity index (χ2n) is 4.62. The molecule has 0 unspecified atom stereocenters. The van der Waals surface area contributed by atoms with Gasteiger partial charge in [-0.25, -0.2) is 0 Å². The van der Waals surface area contributed by atoms with E-state index in [9.17, 15) is 26.4 Å². The van der Waals surface area contributed by atoms with Gasteiger partial charge in [-0.15, -0.1) is 0 Å². The molecule has 122 valence electrons. The monoisotopic (exact) mass is 340 g/mol. The number of hydrogen-bond donors (Lipinski definition) is 1. The van der Waals surface area contributed by atoms with E-state index >= 15 is 0 Å². The van der Waals surface area contributed by atoms with Crippen LogP contribution < -0.4 is 8.92 Å². The maximum absolute atomic E-state index is 12.2. The molecular weight excluding hydrogens is 329 g/mol. The summed E-state index contributed by atoms with van der Waals surface area (Å²) in [5.41, 5.74) is -4.91. The Morgan fingerprint density at radius 3 is 2.68 bits per heavy atom. The lowest BCUT2D eigenvalue weighted by molar-refractivity contribution is -0.137. The molecule has 1 N–H and O–H groups in total. The van der Waals surface area contributed by atoms with Gasteiger partial charge in [-0.1, -0.05) is 6.07 Å². The molecule has 0 bridgehead atoms. The summed E-state index contributed by atoms with van der Waals surface area (Å²) < 4.78 is 67.7. The minimum atomic E-state index is -5.74. The van der Waals surface area contributed by atoms with Gasteiger partial charge < -0.3 is 14.0 Å². The minimum Gasteiger partial charge on any atom is -0.493 e. The van der Waals surface area contributed by atoms with Crippen molar-refractivity contribution >= 4 is 16.1 Å². The van der Waals surface area contributed by atoms with Gasteiger partial charge in [0, 0.05) is 24.0 Å². The number of carboxylic acids is 1. The van der Waals surface area contributed by atoms with Crippen molar-refractivity contribution in [2.24, 2.45) is 0 Å². The number of ether oxygens (including phenoxy) is 1. The Bertz CT molecular complexity index is 683. The zero-order valence-corrected chi connectivity index (χ0v) is 11.8. The van der Waals surface area contributed by atoms with Crippen LogP contribution in [0.1, 0.15) is 24.3 Å². The van der Waals surface area contributed by atoms with Gasteiger partial charge >= 0.3 is 21.6 Å². The SMILES string of the molecule is O=C(O)CC[C@@H]1COc2cc(OS(=O)(=O)C(F)(F)F)ccc21. The van der Waals surface area contributed by atoms with Crippen molar-refractivity contribution in [2.75, 3.05) is 6.61 Å². The highest BCUT2D eigenvalue weighted by Gasteiger charge is 2.48. The molecule has 0 saturated heterocycles. The highest BCUT2D eigenvalue weighted by Crippen LogP contribution is 2.39. The molecule has 0 spiro atoms. The minimum absolute atomic E-state index is 0.0752. The van der Waals surface area contributed by atoms with E-state index in [4.69, 9.17) is 9.84 Å². The first-order valence-corrected chi connectivity index (χ1v) is 7.50. The van der Waals surface area contributed by atoms with E-state index in [0.29, 0.717) is 12.0 Å². The number of rotatable bonds is 5. The number of carbonyl (C=O) groups is 1. The smallest absolute Gasteiger partial charge is 0.493 e. The molecule has 0 saturated carbocycles. The normalized spacial score (nSPS) is 17.7. The van der Waals surface area contributed by atoms with Gasteiger partial charge in [-0.3, -0.25) is 4.79 Å². The average Bonchev–Trinajstić information content (AvgIpc) is 2.76. The van der Waals surface area contributed by atoms with Crippen molar-refractivity contribution in [2.45, 2.75) is 24.3 Å². The fourth-order valence-electron chi connectivity index (χ4n) is 2.02. The van der Waals surface area contributed by atoms with Crippen molar-refractivity contribution in [3.05, 3.63) is 23.8 Å². The maximum atomic E-state index is 12.2. The number of benzene rings is 1. The quantitative estimate of drug-likeness (QED) is 0.653. The summed E-state index contributed by atoms with van der Waals surface area (Å²) in [5, 5.41) is 8.64. The van der Waals surface area contributed by atoms with E-state index in [1.807, 2.05) is 0 Å². The maximum Gasteiger partial charge on any atom is 0.534 e. The Morgan fingerprint density at radius 2 is 2.09 bits per heavy atom. The van der Waals surface area contributed by atoms with Crippen LogP contribution in [0.25, 0.3) is 0 Å². The van der Waals surface area contributed by atoms with Crippen molar-refractivity contribution in [3.63, 3.8) is 0 Å². The summed E-state index contributed by atoms with van der Waals surface area (Å²) >= 11 is 0. The summed E-state index contributed by atoms with van der Waals surface area (Å²) in [4.78, 5) is 10.5. The van der Waals surface area contributed by atoms with Gasteiger partial charge in [-0.05, 0) is 12.5 Å². The van der Waals surface area contributed by atoms with Crippen LogP contribution in [0.5, 0.6) is 11.5 Å². The molecule has 0 amide bonds. The topological polar surface area (TPSA) is 89.9 Å². The lowest BCUT2D eigenvalue weighted by Gasteiger charge is -2.10. The van der Waals surface area contributed by atoms with Crippen molar-refractivity contribution < 1.29 is 40.4 Å². The Hall–Kier alpha value is -1.97. The van der Waals surface area contributed by atoms with Crippen LogP contribution in [0.15, 0.2) is 18.2 Å². The summed E-state index contributed by atoms with van der Waals surface area (Å²) in [6.07, 6.45) is 0.234. The predicted octanol–water partition coefficient (Wildman–Crippen LogP) is 2.26. The lowest BCUT2D eigenvalue weighted by atomic mass is 9.96. The molecule has 0 radical (unpaired) electrons. The molecule has 22 heavy (non-hydrogen) atoms. The largest absolute Gasteiger partial charge is 0.534 e. The van der Waals surface area contributed by atoms with Crippen LogP contribution in [0, 0.1) is 0 Å². The molecule has 0 aliphatic carbocycles. The Balaban J connectivity index is 2.16. The number of alkyl halides is 3. The van der Waals surface area contributed by atoms with Crippen LogP contribution in [0.4, 0.5) is 13.2 Å². The average molecular weight is 340 g/mol. The van der Waals surface area contributed by atoms with Crippen LogP contribution in [-0.4, -0.2) is 31.6 Å². The number of aliphatic carboxylic acids is 1. The third kappa shape index (κ3) is 3.43. The predicted molar refractivity (Wildman–Crippen MR) is 67.2 cm³/mol. The van der Waals surface area contributed by atoms with Crippen LogP contribution in [-0.2, 0) is 14.9 Å². The standard InChI is InChI=1S/C12H11F3O6S/c13-12(14,15)22(18,19)21-8-2-3-9-7(1-4-11(16)17)6-20-10(9)5-8/h2-3,5,7H,1,4,6H2,(H,16,17)/t7-/m1/s1. The first-order chi connectivity index (χ1) is 10.1. The number of carboxylic acid groups (broad SMARTS) is 1. The molecular formula is C12H11F3O6S. The van der Waals surface area contributed by atoms with E-state index in [2.05, 4.69) is 4.18 Å². The summed E-state index contributed by atoms with van der Waals surface area (Å²) in [6.45, 7) is 0.179. The third-order valence-corrected chi connectivity index (χ3v) is 4.04. The Labute approximate surface area is 123 Å². The first kappa shape index (κ1) is 16.4. The van der Waals surface area contributed by atoms with E-state index < -0.39 is 27.3 Å². The fraction of sp³-hybridized carbons (Fsp3) is 0.417. The van der Waals surface area contributed by atoms with Gasteiger partial charge in [0.15, 0.2) is 0 Å². The van der Waals surface area contributed by atoms with E-state index in [1.165, 1.54) is 6.07 Å². The van der Waals surface area contributed by atoms with E-state index in [-0.39, 0.29) is 24.7 Å². The molecule has 1 aliphatic heterocycles. The van der Waals surface area contributed by atoms with Gasteiger partial charge in [0.1, 0.15) is 11.5 Å². The molecule has 1 aromatic carbocycles. The van der Waals surface area contributed by atoms with Gasteiger partial charge in [0.25, 0.3) is 0 Å². The van der Waals surface area contributed by atoms with Gasteiger partial charge in [0.05, 0.1) is 6.61 Å². The van der Waals surface area contributed by atoms with Gasteiger partial charge in [-0.2, -0.15) is 21.6 Å². The molecule has 1 heterocycles. The first-order valence-electron chi connectivity index (χ1n) is 6.09. The summed E-state index contributed by atoms with van der Waals surface area (Å²) in [6, 6.07) is 3.49. The van der Waals surface area contributed by atoms with Crippen LogP contribution in [0.3, 0.4) is 0 Å². The molecule has 10 heteroatoms. The molecule has 1 aliphatic rings.